The smallest absolute Gasteiger partial charge is 0.257 e. The van der Waals surface area contributed by atoms with Crippen molar-refractivity contribution in [3.8, 4) is 0 Å². The van der Waals surface area contributed by atoms with Crippen LogP contribution < -0.4 is 5.73 Å². The van der Waals surface area contributed by atoms with Crippen molar-refractivity contribution < 1.29 is 18.6 Å². The number of nitrogens with one attached hydrogen (secondary N) is 1. The van der Waals surface area contributed by atoms with Gasteiger partial charge in [-0.25, -0.2) is 28.7 Å². The lowest BCUT2D eigenvalue weighted by Gasteiger charge is -2.45. The lowest BCUT2D eigenvalue weighted by molar-refractivity contribution is -0.0807. The monoisotopic (exact) mass is 596 g/mol. The van der Waals surface area contributed by atoms with E-state index in [4.69, 9.17) is 15.5 Å². The Morgan fingerprint density at radius 1 is 1.16 bits per heavy atom. The van der Waals surface area contributed by atoms with Crippen LogP contribution in [-0.2, 0) is 16.6 Å². The van der Waals surface area contributed by atoms with Gasteiger partial charge in [-0.2, -0.15) is 0 Å². The Kier molecular flexibility index (Phi) is 7.67. The number of ether oxygens (including phenoxy) is 1. The molecule has 0 amide bonds. The summed E-state index contributed by atoms with van der Waals surface area (Å²) in [4.78, 5) is 22.6. The van der Waals surface area contributed by atoms with Gasteiger partial charge in [0.15, 0.2) is 17.7 Å². The highest BCUT2D eigenvalue weighted by Crippen LogP contribution is 2.40. The summed E-state index contributed by atoms with van der Waals surface area (Å²) in [6.45, 7) is 9.40. The number of nitrogens with two attached hydrogens (primary N) is 1. The van der Waals surface area contributed by atoms with E-state index < -0.39 is 24.4 Å². The summed E-state index contributed by atoms with van der Waals surface area (Å²) in [6, 6.07) is 6.43. The number of aromatic nitrogens is 6. The molecule has 0 unspecified atom stereocenters. The van der Waals surface area contributed by atoms with Crippen molar-refractivity contribution in [2.24, 2.45) is 11.8 Å². The fraction of sp³-hybridized carbons (Fsp3) is 0.613. The van der Waals surface area contributed by atoms with Gasteiger partial charge in [0.1, 0.15) is 23.8 Å². The molecule has 4 aromatic rings. The minimum absolute atomic E-state index is 0.0365. The standard InChI is InChI=1S/C31H42F2N8O2/c1-17-23(43-29(26(17)42)41-16-37-25-27(34)35-15-36-28(25)41)13-40(14-31(5,32)33)20-10-18(11-20)6-9-24-38-21-8-7-19(30(2,3)4)12-22(21)39-24/h7-8,12,15-18,20,23,26,29,42H,6,9-11,13-14H2,1-5H3,(H,38,39)(H2,34,35,36)/t17-,18?,20?,23-,26-,29-/m1/s1. The second-order valence-corrected chi connectivity index (χ2v) is 13.7. The molecule has 2 fully saturated rings. The van der Waals surface area contributed by atoms with E-state index in [0.29, 0.717) is 23.6 Å². The van der Waals surface area contributed by atoms with Crippen LogP contribution in [0, 0.1) is 11.8 Å². The molecule has 2 aliphatic rings. The van der Waals surface area contributed by atoms with E-state index in [-0.39, 0.29) is 29.7 Å². The number of hydrogen-bond acceptors (Lipinski definition) is 8. The molecule has 4 heterocycles. The van der Waals surface area contributed by atoms with Crippen LogP contribution >= 0.6 is 0 Å². The van der Waals surface area contributed by atoms with Gasteiger partial charge in [0, 0.05) is 31.8 Å². The molecule has 43 heavy (non-hydrogen) atoms. The van der Waals surface area contributed by atoms with Gasteiger partial charge in [0.25, 0.3) is 5.92 Å². The number of nitrogen functional groups attached to an aromatic ring is 1. The molecule has 10 nitrogen and oxygen atoms in total. The Morgan fingerprint density at radius 3 is 2.65 bits per heavy atom. The Morgan fingerprint density at radius 2 is 1.93 bits per heavy atom. The predicted octanol–water partition coefficient (Wildman–Crippen LogP) is 4.85. The molecule has 4 atom stereocenters. The van der Waals surface area contributed by atoms with Crippen molar-refractivity contribution in [3.63, 3.8) is 0 Å². The van der Waals surface area contributed by atoms with Crippen molar-refractivity contribution in [1.29, 1.82) is 0 Å². The molecule has 1 aromatic carbocycles. The van der Waals surface area contributed by atoms with Crippen LogP contribution in [0.3, 0.4) is 0 Å². The van der Waals surface area contributed by atoms with Crippen LogP contribution in [0.1, 0.15) is 71.5 Å². The van der Waals surface area contributed by atoms with Crippen molar-refractivity contribution in [2.75, 3.05) is 18.8 Å². The van der Waals surface area contributed by atoms with E-state index >= 15 is 0 Å². The van der Waals surface area contributed by atoms with Crippen LogP contribution in [0.4, 0.5) is 14.6 Å². The Labute approximate surface area is 250 Å². The predicted molar refractivity (Wildman–Crippen MR) is 161 cm³/mol. The van der Waals surface area contributed by atoms with E-state index in [2.05, 4.69) is 58.9 Å². The number of anilines is 1. The lowest BCUT2D eigenvalue weighted by atomic mass is 9.76. The molecule has 12 heteroatoms. The van der Waals surface area contributed by atoms with Crippen LogP contribution in [0.15, 0.2) is 30.9 Å². The third-order valence-corrected chi connectivity index (χ3v) is 9.20. The lowest BCUT2D eigenvalue weighted by Crippen LogP contribution is -2.52. The fourth-order valence-corrected chi connectivity index (χ4v) is 6.51. The number of aromatic amines is 1. The second-order valence-electron chi connectivity index (χ2n) is 13.7. The highest BCUT2D eigenvalue weighted by atomic mass is 19.3. The summed E-state index contributed by atoms with van der Waals surface area (Å²) in [5, 5.41) is 11.1. The number of aliphatic hydroxyl groups is 1. The minimum atomic E-state index is -2.85. The number of aryl methyl sites for hydroxylation is 1. The maximum absolute atomic E-state index is 14.3. The summed E-state index contributed by atoms with van der Waals surface area (Å²) in [5.41, 5.74) is 10.2. The Balaban J connectivity index is 1.08. The zero-order valence-corrected chi connectivity index (χ0v) is 25.5. The third-order valence-electron chi connectivity index (χ3n) is 9.20. The summed E-state index contributed by atoms with van der Waals surface area (Å²) in [5.74, 6) is -1.48. The number of alkyl halides is 2. The molecule has 6 rings (SSSR count). The van der Waals surface area contributed by atoms with Crippen LogP contribution in [0.2, 0.25) is 0 Å². The molecule has 0 radical (unpaired) electrons. The topological polar surface area (TPSA) is 131 Å². The summed E-state index contributed by atoms with van der Waals surface area (Å²) in [7, 11) is 0. The highest BCUT2D eigenvalue weighted by Gasteiger charge is 2.46. The van der Waals surface area contributed by atoms with E-state index in [0.717, 1.165) is 49.5 Å². The number of fused-ring (bicyclic) bond motifs is 2. The van der Waals surface area contributed by atoms with Crippen LogP contribution in [-0.4, -0.2) is 76.8 Å². The summed E-state index contributed by atoms with van der Waals surface area (Å²) in [6.07, 6.45) is 4.29. The first kappa shape index (κ1) is 29.8. The molecule has 1 saturated heterocycles. The summed E-state index contributed by atoms with van der Waals surface area (Å²) < 4.78 is 36.6. The number of benzene rings is 1. The van der Waals surface area contributed by atoms with Gasteiger partial charge in [-0.15, -0.1) is 0 Å². The molecule has 0 bridgehead atoms. The quantitative estimate of drug-likeness (QED) is 0.250. The van der Waals surface area contributed by atoms with Gasteiger partial charge in [0.05, 0.1) is 30.0 Å². The molecular weight excluding hydrogens is 554 g/mol. The van der Waals surface area contributed by atoms with E-state index in [1.807, 2.05) is 11.8 Å². The SMILES string of the molecule is C[C@H]1[C@@H](O)[C@H](n2cnc3c(N)ncnc32)O[C@@H]1CN(CC(C)(F)F)C1CC(CCc2nc3ccc(C(C)(C)C)cc3[nH]2)C1. The molecule has 4 N–H and O–H groups in total. The normalized spacial score (nSPS) is 26.5. The van der Waals surface area contributed by atoms with Crippen molar-refractivity contribution in [3.05, 3.63) is 42.2 Å². The van der Waals surface area contributed by atoms with Crippen LogP contribution in [0.5, 0.6) is 0 Å². The number of rotatable bonds is 9. The maximum Gasteiger partial charge on any atom is 0.257 e. The van der Waals surface area contributed by atoms with Gasteiger partial charge < -0.3 is 20.6 Å². The average molecular weight is 597 g/mol. The number of hydrogen-bond donors (Lipinski definition) is 3. The van der Waals surface area contributed by atoms with Gasteiger partial charge >= 0.3 is 0 Å². The maximum atomic E-state index is 14.3. The average Bonchev–Trinajstić information content (AvgIpc) is 3.58. The summed E-state index contributed by atoms with van der Waals surface area (Å²) >= 11 is 0. The zero-order valence-electron chi connectivity index (χ0n) is 25.5. The van der Waals surface area contributed by atoms with E-state index in [9.17, 15) is 13.9 Å². The van der Waals surface area contributed by atoms with Crippen molar-refractivity contribution in [1.82, 2.24) is 34.4 Å². The molecule has 1 aliphatic carbocycles. The molecular formula is C31H42F2N8O2. The molecule has 1 saturated carbocycles. The molecule has 232 valence electrons. The van der Waals surface area contributed by atoms with Crippen molar-refractivity contribution in [2.45, 2.75) is 96.1 Å². The van der Waals surface area contributed by atoms with Crippen LogP contribution in [0.25, 0.3) is 22.2 Å². The number of H-pyrrole nitrogens is 1. The minimum Gasteiger partial charge on any atom is -0.388 e. The molecule has 3 aromatic heterocycles. The largest absolute Gasteiger partial charge is 0.388 e. The molecule has 0 spiro atoms. The van der Waals surface area contributed by atoms with Gasteiger partial charge in [-0.1, -0.05) is 33.8 Å². The first-order chi connectivity index (χ1) is 20.3. The zero-order chi connectivity index (χ0) is 30.7. The molecule has 1 aliphatic heterocycles. The Hall–Kier alpha value is -3.22. The van der Waals surface area contributed by atoms with Gasteiger partial charge in [0.2, 0.25) is 0 Å². The number of halogens is 2. The first-order valence-electron chi connectivity index (χ1n) is 15.1. The van der Waals surface area contributed by atoms with Crippen molar-refractivity contribution >= 4 is 28.0 Å². The van der Waals surface area contributed by atoms with E-state index in [1.54, 1.807) is 4.57 Å². The fourth-order valence-electron chi connectivity index (χ4n) is 6.51. The third kappa shape index (κ3) is 6.09. The second kappa shape index (κ2) is 11.0. The van der Waals surface area contributed by atoms with Gasteiger partial charge in [-0.05, 0) is 48.3 Å². The first-order valence-corrected chi connectivity index (χ1v) is 15.1. The number of nitrogens with zero attached hydrogens (tertiary/aromatic N) is 6. The van der Waals surface area contributed by atoms with Gasteiger partial charge in [-0.3, -0.25) is 9.47 Å². The number of aliphatic hydroxyl groups excluding tert-OH is 1. The Bertz CT molecular complexity index is 1590. The number of imidazole rings is 2. The van der Waals surface area contributed by atoms with E-state index in [1.165, 1.54) is 18.2 Å². The highest BCUT2D eigenvalue weighted by molar-refractivity contribution is 5.81.